The van der Waals surface area contributed by atoms with Crippen molar-refractivity contribution in [1.29, 1.82) is 0 Å². The highest BCUT2D eigenvalue weighted by molar-refractivity contribution is 5.77. The van der Waals surface area contributed by atoms with Crippen LogP contribution in [0, 0.1) is 5.92 Å². The third-order valence-corrected chi connectivity index (χ3v) is 3.87. The number of amides is 1. The van der Waals surface area contributed by atoms with E-state index in [1.54, 1.807) is 0 Å². The minimum absolute atomic E-state index is 0.361. The van der Waals surface area contributed by atoms with Crippen LogP contribution in [0.15, 0.2) is 0 Å². The molecule has 2 N–H and O–H groups in total. The summed E-state index contributed by atoms with van der Waals surface area (Å²) in [5.41, 5.74) is 5.57. The van der Waals surface area contributed by atoms with Gasteiger partial charge in [0.25, 0.3) is 0 Å². The van der Waals surface area contributed by atoms with Crippen molar-refractivity contribution in [2.24, 2.45) is 11.7 Å². The second-order valence-electron chi connectivity index (χ2n) is 5.32. The zero-order valence-corrected chi connectivity index (χ0v) is 10.2. The van der Waals surface area contributed by atoms with Crippen molar-refractivity contribution in [2.45, 2.75) is 57.4 Å². The van der Waals surface area contributed by atoms with Crippen molar-refractivity contribution >= 4 is 5.91 Å². The van der Waals surface area contributed by atoms with E-state index in [1.807, 2.05) is 4.90 Å². The fourth-order valence-electron chi connectivity index (χ4n) is 2.79. The third kappa shape index (κ3) is 3.21. The highest BCUT2D eigenvalue weighted by atomic mass is 16.2. The number of hydrogen-bond donors (Lipinski definition) is 1. The molecule has 3 heteroatoms. The Balaban J connectivity index is 1.79. The Labute approximate surface area is 98.4 Å². The van der Waals surface area contributed by atoms with Crippen molar-refractivity contribution in [3.05, 3.63) is 0 Å². The van der Waals surface area contributed by atoms with Gasteiger partial charge < -0.3 is 10.6 Å². The van der Waals surface area contributed by atoms with Crippen molar-refractivity contribution in [2.75, 3.05) is 13.1 Å². The third-order valence-electron chi connectivity index (χ3n) is 3.87. The molecule has 16 heavy (non-hydrogen) atoms. The molecule has 0 bridgehead atoms. The highest BCUT2D eigenvalue weighted by Crippen LogP contribution is 2.30. The molecule has 2 fully saturated rings. The van der Waals surface area contributed by atoms with E-state index in [0.29, 0.717) is 24.4 Å². The summed E-state index contributed by atoms with van der Waals surface area (Å²) in [6.07, 6.45) is 9.67. The van der Waals surface area contributed by atoms with Crippen LogP contribution in [0.2, 0.25) is 0 Å². The second kappa shape index (κ2) is 5.67. The number of nitrogens with two attached hydrogens (primary N) is 1. The maximum Gasteiger partial charge on any atom is 0.223 e. The van der Waals surface area contributed by atoms with Crippen LogP contribution in [-0.2, 0) is 4.79 Å². The second-order valence-corrected chi connectivity index (χ2v) is 5.32. The van der Waals surface area contributed by atoms with Gasteiger partial charge in [-0.25, -0.2) is 0 Å². The smallest absolute Gasteiger partial charge is 0.223 e. The number of carbonyl (C=O) groups excluding carboxylic acids is 1. The van der Waals surface area contributed by atoms with E-state index in [9.17, 15) is 4.79 Å². The van der Waals surface area contributed by atoms with E-state index in [2.05, 4.69) is 0 Å². The summed E-state index contributed by atoms with van der Waals surface area (Å²) in [7, 11) is 0. The molecule has 0 radical (unpaired) electrons. The summed E-state index contributed by atoms with van der Waals surface area (Å²) in [4.78, 5) is 14.2. The van der Waals surface area contributed by atoms with Gasteiger partial charge >= 0.3 is 0 Å². The Morgan fingerprint density at radius 3 is 2.38 bits per heavy atom. The molecule has 0 spiro atoms. The van der Waals surface area contributed by atoms with E-state index in [-0.39, 0.29) is 0 Å². The van der Waals surface area contributed by atoms with Crippen molar-refractivity contribution in [3.8, 4) is 0 Å². The fourth-order valence-corrected chi connectivity index (χ4v) is 2.79. The molecule has 0 aromatic carbocycles. The Hall–Kier alpha value is -0.570. The van der Waals surface area contributed by atoms with Gasteiger partial charge in [0.05, 0.1) is 0 Å². The average Bonchev–Trinajstić information content (AvgIpc) is 3.11. The zero-order chi connectivity index (χ0) is 11.4. The molecule has 2 saturated carbocycles. The molecule has 0 unspecified atom stereocenters. The van der Waals surface area contributed by atoms with Crippen LogP contribution in [0.3, 0.4) is 0 Å². The molecule has 0 aromatic heterocycles. The fraction of sp³-hybridized carbons (Fsp3) is 0.923. The van der Waals surface area contributed by atoms with E-state index in [4.69, 9.17) is 5.73 Å². The molecule has 3 nitrogen and oxygen atoms in total. The highest BCUT2D eigenvalue weighted by Gasteiger charge is 2.32. The van der Waals surface area contributed by atoms with Crippen molar-refractivity contribution in [1.82, 2.24) is 4.90 Å². The lowest BCUT2D eigenvalue weighted by Crippen LogP contribution is -2.38. The average molecular weight is 224 g/mol. The molecule has 0 atom stereocenters. The summed E-state index contributed by atoms with van der Waals surface area (Å²) >= 11 is 0. The molecule has 0 saturated heterocycles. The maximum atomic E-state index is 12.2. The molecular weight excluding hydrogens is 200 g/mol. The first-order valence-electron chi connectivity index (χ1n) is 6.81. The summed E-state index contributed by atoms with van der Waals surface area (Å²) < 4.78 is 0. The first-order chi connectivity index (χ1) is 7.81. The minimum Gasteiger partial charge on any atom is -0.338 e. The van der Waals surface area contributed by atoms with Gasteiger partial charge in [-0.05, 0) is 31.6 Å². The van der Waals surface area contributed by atoms with Crippen LogP contribution < -0.4 is 5.73 Å². The quantitative estimate of drug-likeness (QED) is 0.775. The van der Waals surface area contributed by atoms with Gasteiger partial charge in [0.1, 0.15) is 0 Å². The normalized spacial score (nSPS) is 22.1. The Morgan fingerprint density at radius 2 is 1.81 bits per heavy atom. The molecule has 2 aliphatic rings. The number of carbonyl (C=O) groups is 1. The molecule has 0 aliphatic heterocycles. The molecule has 0 aromatic rings. The Morgan fingerprint density at radius 1 is 1.12 bits per heavy atom. The zero-order valence-electron chi connectivity index (χ0n) is 10.2. The largest absolute Gasteiger partial charge is 0.338 e. The molecule has 92 valence electrons. The molecule has 2 aliphatic carbocycles. The monoisotopic (exact) mass is 224 g/mol. The summed E-state index contributed by atoms with van der Waals surface area (Å²) in [6, 6.07) is 0.527. The summed E-state index contributed by atoms with van der Waals surface area (Å²) in [6.45, 7) is 1.36. The van der Waals surface area contributed by atoms with Crippen LogP contribution in [0.1, 0.15) is 51.4 Å². The predicted octanol–water partition coefficient (Wildman–Crippen LogP) is 1.91. The van der Waals surface area contributed by atoms with Gasteiger partial charge in [-0.15, -0.1) is 0 Å². The molecular formula is C13H24N2O. The van der Waals surface area contributed by atoms with Gasteiger partial charge in [-0.3, -0.25) is 4.79 Å². The van der Waals surface area contributed by atoms with Gasteiger partial charge in [0.15, 0.2) is 0 Å². The lowest BCUT2D eigenvalue weighted by atomic mass is 9.86. The van der Waals surface area contributed by atoms with Gasteiger partial charge in [-0.2, -0.15) is 0 Å². The maximum absolute atomic E-state index is 12.2. The summed E-state index contributed by atoms with van der Waals surface area (Å²) in [5.74, 6) is 1.01. The Kier molecular flexibility index (Phi) is 4.22. The number of rotatable bonds is 5. The first kappa shape index (κ1) is 11.9. The van der Waals surface area contributed by atoms with Crippen LogP contribution in [-0.4, -0.2) is 29.9 Å². The van der Waals surface area contributed by atoms with Gasteiger partial charge in [-0.1, -0.05) is 19.3 Å². The van der Waals surface area contributed by atoms with E-state index in [1.165, 1.54) is 44.9 Å². The van der Waals surface area contributed by atoms with E-state index >= 15 is 0 Å². The topological polar surface area (TPSA) is 46.3 Å². The summed E-state index contributed by atoms with van der Waals surface area (Å²) in [5, 5.41) is 0. The van der Waals surface area contributed by atoms with Gasteiger partial charge in [0.2, 0.25) is 5.91 Å². The van der Waals surface area contributed by atoms with Crippen LogP contribution in [0.25, 0.3) is 0 Å². The van der Waals surface area contributed by atoms with Crippen LogP contribution in [0.5, 0.6) is 0 Å². The minimum atomic E-state index is 0.361. The molecule has 2 rings (SSSR count). The lowest BCUT2D eigenvalue weighted by molar-refractivity contribution is -0.132. The van der Waals surface area contributed by atoms with Crippen molar-refractivity contribution < 1.29 is 4.79 Å². The molecule has 0 heterocycles. The number of nitrogens with zero attached hydrogens (tertiary/aromatic N) is 1. The first-order valence-corrected chi connectivity index (χ1v) is 6.81. The van der Waals surface area contributed by atoms with Crippen molar-refractivity contribution in [3.63, 3.8) is 0 Å². The predicted molar refractivity (Wildman–Crippen MR) is 65.0 cm³/mol. The van der Waals surface area contributed by atoms with Crippen LogP contribution >= 0.6 is 0 Å². The molecule has 1 amide bonds. The standard InChI is InChI=1S/C13H24N2O/c14-8-9-15(12-6-7-12)13(16)10-11-4-2-1-3-5-11/h11-12H,1-10,14H2. The Bertz CT molecular complexity index is 232. The number of hydrogen-bond acceptors (Lipinski definition) is 2. The SMILES string of the molecule is NCCN(C(=O)CC1CCCCC1)C1CC1. The van der Waals surface area contributed by atoms with E-state index < -0.39 is 0 Å². The van der Waals surface area contributed by atoms with Gasteiger partial charge in [0, 0.05) is 25.6 Å². The van der Waals surface area contributed by atoms with Crippen LogP contribution in [0.4, 0.5) is 0 Å². The lowest BCUT2D eigenvalue weighted by Gasteiger charge is -2.26. The van der Waals surface area contributed by atoms with E-state index in [0.717, 1.165) is 13.0 Å².